The number of nitrogens with one attached hydrogen (secondary N) is 1. The number of hydrogen-bond donors (Lipinski definition) is 1. The molecule has 0 amide bonds. The van der Waals surface area contributed by atoms with Crippen LogP contribution in [0.25, 0.3) is 21.1 Å². The lowest BCUT2D eigenvalue weighted by atomic mass is 10.2. The van der Waals surface area contributed by atoms with E-state index in [0.29, 0.717) is 11.3 Å². The van der Waals surface area contributed by atoms with E-state index in [4.69, 9.17) is 0 Å². The van der Waals surface area contributed by atoms with E-state index in [-0.39, 0.29) is 5.75 Å². The van der Waals surface area contributed by atoms with Gasteiger partial charge in [-0.25, -0.2) is 18.4 Å². The van der Waals surface area contributed by atoms with E-state index < -0.39 is 10.0 Å². The molecule has 2 heterocycles. The number of rotatable bonds is 5. The highest BCUT2D eigenvalue weighted by Crippen LogP contribution is 2.34. The Bertz CT molecular complexity index is 933. The molecule has 2 aromatic heterocycles. The minimum Gasteiger partial charge on any atom is -0.265 e. The molecule has 0 saturated carbocycles. The van der Waals surface area contributed by atoms with Gasteiger partial charge in [0.2, 0.25) is 10.0 Å². The van der Waals surface area contributed by atoms with E-state index in [1.54, 1.807) is 18.3 Å². The second kappa shape index (κ2) is 5.81. The van der Waals surface area contributed by atoms with Gasteiger partial charge in [0.05, 0.1) is 21.0 Å². The van der Waals surface area contributed by atoms with Crippen molar-refractivity contribution in [2.24, 2.45) is 0 Å². The van der Waals surface area contributed by atoms with E-state index in [1.807, 2.05) is 24.3 Å². The summed E-state index contributed by atoms with van der Waals surface area (Å²) in [5.74, 6) is 0.337. The van der Waals surface area contributed by atoms with Gasteiger partial charge in [0, 0.05) is 5.39 Å². The van der Waals surface area contributed by atoms with E-state index in [1.165, 1.54) is 0 Å². The number of anilines is 1. The third-order valence-electron chi connectivity index (χ3n) is 3.37. The molecule has 0 aliphatic carbocycles. The van der Waals surface area contributed by atoms with Crippen LogP contribution >= 0.6 is 11.3 Å². The first kappa shape index (κ1) is 15.2. The van der Waals surface area contributed by atoms with E-state index in [2.05, 4.69) is 21.6 Å². The van der Waals surface area contributed by atoms with Gasteiger partial charge in [0.25, 0.3) is 0 Å². The molecular weight excluding hydrogens is 318 g/mol. The third kappa shape index (κ3) is 2.78. The van der Waals surface area contributed by atoms with Crippen LogP contribution in [0.15, 0.2) is 24.3 Å². The molecule has 1 N–H and O–H groups in total. The van der Waals surface area contributed by atoms with Crippen molar-refractivity contribution >= 4 is 48.3 Å². The number of hydrogen-bond acceptors (Lipinski definition) is 5. The number of pyridine rings is 1. The van der Waals surface area contributed by atoms with Gasteiger partial charge in [-0.1, -0.05) is 25.1 Å². The quantitative estimate of drug-likeness (QED) is 0.774. The van der Waals surface area contributed by atoms with Crippen molar-refractivity contribution < 1.29 is 8.42 Å². The third-order valence-corrected chi connectivity index (χ3v) is 5.79. The van der Waals surface area contributed by atoms with Crippen LogP contribution in [0.3, 0.4) is 0 Å². The Morgan fingerprint density at radius 1 is 1.18 bits per heavy atom. The Morgan fingerprint density at radius 3 is 2.68 bits per heavy atom. The van der Waals surface area contributed by atoms with Gasteiger partial charge in [-0.3, -0.25) is 4.72 Å². The molecule has 0 bridgehead atoms. The Kier molecular flexibility index (Phi) is 4.01. The van der Waals surface area contributed by atoms with Crippen molar-refractivity contribution in [3.8, 4) is 0 Å². The first-order chi connectivity index (χ1) is 10.5. The van der Waals surface area contributed by atoms with Gasteiger partial charge >= 0.3 is 0 Å². The highest BCUT2D eigenvalue weighted by molar-refractivity contribution is 7.92. The minimum atomic E-state index is -3.38. The van der Waals surface area contributed by atoms with Crippen molar-refractivity contribution in [3.05, 3.63) is 29.3 Å². The van der Waals surface area contributed by atoms with Crippen molar-refractivity contribution in [2.75, 3.05) is 10.5 Å². The lowest BCUT2D eigenvalue weighted by Crippen LogP contribution is -2.15. The fourth-order valence-corrected chi connectivity index (χ4v) is 4.04. The zero-order chi connectivity index (χ0) is 15.7. The number of aromatic nitrogens is 2. The van der Waals surface area contributed by atoms with Gasteiger partial charge in [0.15, 0.2) is 5.82 Å². The van der Waals surface area contributed by atoms with Gasteiger partial charge in [-0.2, -0.15) is 0 Å². The second-order valence-electron chi connectivity index (χ2n) is 5.02. The van der Waals surface area contributed by atoms with E-state index >= 15 is 0 Å². The van der Waals surface area contributed by atoms with Crippen LogP contribution < -0.4 is 4.72 Å². The van der Waals surface area contributed by atoms with E-state index in [9.17, 15) is 8.42 Å². The molecule has 0 aliphatic heterocycles. The fourth-order valence-electron chi connectivity index (χ4n) is 2.26. The van der Waals surface area contributed by atoms with Crippen LogP contribution in [0.5, 0.6) is 0 Å². The molecule has 0 spiro atoms. The van der Waals surface area contributed by atoms with Crippen LogP contribution in [-0.4, -0.2) is 24.1 Å². The number of aryl methyl sites for hydroxylation is 1. The minimum absolute atomic E-state index is 0.00888. The van der Waals surface area contributed by atoms with Gasteiger partial charge in [0.1, 0.15) is 5.52 Å². The van der Waals surface area contributed by atoms with Crippen molar-refractivity contribution in [2.45, 2.75) is 26.7 Å². The van der Waals surface area contributed by atoms with Crippen molar-refractivity contribution in [1.29, 1.82) is 0 Å². The first-order valence-corrected chi connectivity index (χ1v) is 9.69. The Balaban J connectivity index is 2.28. The van der Waals surface area contributed by atoms with Crippen molar-refractivity contribution in [1.82, 2.24) is 9.97 Å². The number of thiazole rings is 1. The predicted octanol–water partition coefficient (Wildman–Crippen LogP) is 3.56. The second-order valence-corrected chi connectivity index (χ2v) is 8.11. The molecule has 0 atom stereocenters. The normalized spacial score (nSPS) is 12.1. The Morgan fingerprint density at radius 2 is 1.95 bits per heavy atom. The average Bonchev–Trinajstić information content (AvgIpc) is 2.92. The van der Waals surface area contributed by atoms with E-state index in [0.717, 1.165) is 33.5 Å². The smallest absolute Gasteiger partial charge is 0.233 e. The number of fused-ring (bicyclic) bond motifs is 3. The summed E-state index contributed by atoms with van der Waals surface area (Å²) in [4.78, 5) is 9.06. The largest absolute Gasteiger partial charge is 0.265 e. The molecule has 0 radical (unpaired) electrons. The topological polar surface area (TPSA) is 72.0 Å². The molecular formula is C15H17N3O2S2. The maximum atomic E-state index is 11.9. The number of benzene rings is 1. The summed E-state index contributed by atoms with van der Waals surface area (Å²) in [6, 6.07) is 7.74. The number of para-hydroxylation sites is 1. The summed E-state index contributed by atoms with van der Waals surface area (Å²) in [5, 5.41) is 2.02. The highest BCUT2D eigenvalue weighted by atomic mass is 32.2. The Hall–Kier alpha value is -1.73. The van der Waals surface area contributed by atoms with Crippen LogP contribution in [0.1, 0.15) is 25.3 Å². The van der Waals surface area contributed by atoms with Gasteiger partial charge in [-0.05, 0) is 25.8 Å². The zero-order valence-electron chi connectivity index (χ0n) is 12.5. The Labute approximate surface area is 133 Å². The number of nitrogens with zero attached hydrogens (tertiary/aromatic N) is 2. The lowest BCUT2D eigenvalue weighted by Gasteiger charge is -2.07. The van der Waals surface area contributed by atoms with Crippen LogP contribution in [0.2, 0.25) is 0 Å². The first-order valence-electron chi connectivity index (χ1n) is 7.22. The molecule has 3 aromatic rings. The van der Waals surface area contributed by atoms with Crippen LogP contribution in [0.4, 0.5) is 5.82 Å². The molecule has 0 unspecified atom stereocenters. The van der Waals surface area contributed by atoms with Crippen LogP contribution in [0, 0.1) is 0 Å². The maximum Gasteiger partial charge on any atom is 0.233 e. The standard InChI is InChI=1S/C15H17N3O2S2/c1-3-7-12-17-13-14(21-12)10-8-5-6-9-11(10)16-15(13)18-22(19,20)4-2/h5-6,8-9H,3-4,7H2,1-2H3,(H,16,18). The molecule has 7 heteroatoms. The predicted molar refractivity (Wildman–Crippen MR) is 92.0 cm³/mol. The van der Waals surface area contributed by atoms with Crippen molar-refractivity contribution in [3.63, 3.8) is 0 Å². The highest BCUT2D eigenvalue weighted by Gasteiger charge is 2.17. The SMILES string of the molecule is CCCc1nc2c(NS(=O)(=O)CC)nc3ccccc3c2s1. The average molecular weight is 335 g/mol. The summed E-state index contributed by atoms with van der Waals surface area (Å²) in [7, 11) is -3.38. The molecule has 22 heavy (non-hydrogen) atoms. The maximum absolute atomic E-state index is 11.9. The molecule has 0 saturated heterocycles. The molecule has 0 aliphatic rings. The molecule has 3 rings (SSSR count). The molecule has 116 valence electrons. The summed E-state index contributed by atoms with van der Waals surface area (Å²) in [6.07, 6.45) is 1.88. The monoisotopic (exact) mass is 335 g/mol. The fraction of sp³-hybridized carbons (Fsp3) is 0.333. The zero-order valence-corrected chi connectivity index (χ0v) is 14.1. The summed E-state index contributed by atoms with van der Waals surface area (Å²) in [5.41, 5.74) is 1.42. The summed E-state index contributed by atoms with van der Waals surface area (Å²) in [6.45, 7) is 3.70. The summed E-state index contributed by atoms with van der Waals surface area (Å²) < 4.78 is 27.4. The molecule has 1 aromatic carbocycles. The number of sulfonamides is 1. The van der Waals surface area contributed by atoms with Gasteiger partial charge < -0.3 is 0 Å². The summed E-state index contributed by atoms with van der Waals surface area (Å²) >= 11 is 1.61. The van der Waals surface area contributed by atoms with Gasteiger partial charge in [-0.15, -0.1) is 11.3 Å². The van der Waals surface area contributed by atoms with Crippen LogP contribution in [-0.2, 0) is 16.4 Å². The lowest BCUT2D eigenvalue weighted by molar-refractivity contribution is 0.602. The molecule has 5 nitrogen and oxygen atoms in total. The molecule has 0 fully saturated rings.